The molecule has 3 nitrogen and oxygen atoms in total. The van der Waals surface area contributed by atoms with E-state index in [4.69, 9.17) is 16.9 Å². The number of nitriles is 1. The summed E-state index contributed by atoms with van der Waals surface area (Å²) < 4.78 is 0.762. The van der Waals surface area contributed by atoms with E-state index < -0.39 is 5.41 Å². The number of nitrogens with zero attached hydrogens (tertiary/aromatic N) is 1. The number of hydrogen-bond donors (Lipinski definition) is 1. The molecule has 1 fully saturated rings. The molecule has 0 spiro atoms. The number of carbonyl (C=O) groups is 1. The Labute approximate surface area is 116 Å². The zero-order chi connectivity index (χ0) is 13.2. The molecule has 1 aromatic rings. The number of carbonyl (C=O) groups excluding carboxylic acids is 1. The van der Waals surface area contributed by atoms with Crippen molar-refractivity contribution in [3.05, 3.63) is 21.3 Å². The van der Waals surface area contributed by atoms with Crippen molar-refractivity contribution in [3.63, 3.8) is 0 Å². The highest BCUT2D eigenvalue weighted by molar-refractivity contribution is 7.16. The van der Waals surface area contributed by atoms with Crippen LogP contribution in [0, 0.1) is 22.7 Å². The first-order valence-corrected chi connectivity index (χ1v) is 7.19. The van der Waals surface area contributed by atoms with E-state index in [0.29, 0.717) is 25.3 Å². The van der Waals surface area contributed by atoms with Crippen molar-refractivity contribution in [3.8, 4) is 6.07 Å². The number of halogens is 1. The topological polar surface area (TPSA) is 52.9 Å². The van der Waals surface area contributed by atoms with E-state index in [0.717, 1.165) is 15.6 Å². The van der Waals surface area contributed by atoms with Crippen LogP contribution in [-0.2, 0) is 11.2 Å². The molecule has 1 aliphatic rings. The lowest BCUT2D eigenvalue weighted by molar-refractivity contribution is -0.133. The van der Waals surface area contributed by atoms with Gasteiger partial charge in [0.05, 0.1) is 10.4 Å². The van der Waals surface area contributed by atoms with E-state index in [9.17, 15) is 4.79 Å². The molecule has 1 saturated carbocycles. The van der Waals surface area contributed by atoms with Crippen molar-refractivity contribution < 1.29 is 4.79 Å². The van der Waals surface area contributed by atoms with E-state index >= 15 is 0 Å². The van der Waals surface area contributed by atoms with Gasteiger partial charge in [-0.25, -0.2) is 0 Å². The molecule has 1 aliphatic carbocycles. The fourth-order valence-corrected chi connectivity index (χ4v) is 3.50. The predicted molar refractivity (Wildman–Crippen MR) is 72.5 cm³/mol. The summed E-state index contributed by atoms with van der Waals surface area (Å²) in [6, 6.07) is 5.99. The maximum absolute atomic E-state index is 12.0. The van der Waals surface area contributed by atoms with Crippen molar-refractivity contribution >= 4 is 28.8 Å². The van der Waals surface area contributed by atoms with Gasteiger partial charge in [-0.3, -0.25) is 4.79 Å². The monoisotopic (exact) mass is 282 g/mol. The Kier molecular flexibility index (Phi) is 3.94. The van der Waals surface area contributed by atoms with E-state index in [1.807, 2.05) is 12.1 Å². The molecule has 2 rings (SSSR count). The van der Waals surface area contributed by atoms with Gasteiger partial charge in [-0.05, 0) is 37.3 Å². The number of thiophene rings is 1. The van der Waals surface area contributed by atoms with Crippen LogP contribution in [0.15, 0.2) is 12.1 Å². The largest absolute Gasteiger partial charge is 0.354 e. The smallest absolute Gasteiger partial charge is 0.240 e. The molecule has 0 unspecified atom stereocenters. The maximum Gasteiger partial charge on any atom is 0.240 e. The highest BCUT2D eigenvalue weighted by Crippen LogP contribution is 2.44. The van der Waals surface area contributed by atoms with Crippen molar-refractivity contribution in [2.75, 3.05) is 6.54 Å². The summed E-state index contributed by atoms with van der Waals surface area (Å²) in [6.45, 7) is 2.63. The average Bonchev–Trinajstić information content (AvgIpc) is 2.70. The van der Waals surface area contributed by atoms with Crippen LogP contribution in [0.1, 0.15) is 24.6 Å². The van der Waals surface area contributed by atoms with Gasteiger partial charge in [-0.2, -0.15) is 5.26 Å². The Bertz CT molecular complexity index is 485. The lowest BCUT2D eigenvalue weighted by atomic mass is 9.63. The van der Waals surface area contributed by atoms with Crippen LogP contribution in [0.2, 0.25) is 4.34 Å². The van der Waals surface area contributed by atoms with Crippen molar-refractivity contribution in [2.45, 2.75) is 26.2 Å². The summed E-state index contributed by atoms with van der Waals surface area (Å²) >= 11 is 7.35. The predicted octanol–water partition coefficient (Wildman–Crippen LogP) is 3.00. The van der Waals surface area contributed by atoms with Crippen molar-refractivity contribution in [1.29, 1.82) is 5.26 Å². The fraction of sp³-hybridized carbons (Fsp3) is 0.538. The Morgan fingerprint density at radius 2 is 2.39 bits per heavy atom. The second-order valence-corrected chi connectivity index (χ2v) is 6.72. The van der Waals surface area contributed by atoms with Crippen LogP contribution in [0.3, 0.4) is 0 Å². The highest BCUT2D eigenvalue weighted by atomic mass is 35.5. The summed E-state index contributed by atoms with van der Waals surface area (Å²) in [6.07, 6.45) is 2.13. The lowest BCUT2D eigenvalue weighted by Gasteiger charge is -2.39. The average molecular weight is 283 g/mol. The highest BCUT2D eigenvalue weighted by Gasteiger charge is 2.48. The Morgan fingerprint density at radius 1 is 1.67 bits per heavy atom. The van der Waals surface area contributed by atoms with Gasteiger partial charge >= 0.3 is 0 Å². The molecule has 1 amide bonds. The van der Waals surface area contributed by atoms with Crippen LogP contribution < -0.4 is 5.32 Å². The minimum absolute atomic E-state index is 0.120. The molecule has 0 atom stereocenters. The molecular weight excluding hydrogens is 268 g/mol. The number of hydrogen-bond acceptors (Lipinski definition) is 3. The fourth-order valence-electron chi connectivity index (χ4n) is 2.41. The van der Waals surface area contributed by atoms with Gasteiger partial charge < -0.3 is 5.32 Å². The Morgan fingerprint density at radius 3 is 2.89 bits per heavy atom. The van der Waals surface area contributed by atoms with Gasteiger partial charge in [0.2, 0.25) is 5.91 Å². The van der Waals surface area contributed by atoms with Gasteiger partial charge in [0, 0.05) is 11.4 Å². The zero-order valence-electron chi connectivity index (χ0n) is 10.2. The Balaban J connectivity index is 1.80. The van der Waals surface area contributed by atoms with Gasteiger partial charge in [-0.15, -0.1) is 11.3 Å². The molecule has 1 N–H and O–H groups in total. The van der Waals surface area contributed by atoms with Crippen LogP contribution in [0.25, 0.3) is 0 Å². The molecule has 0 aliphatic heterocycles. The molecule has 1 aromatic heterocycles. The van der Waals surface area contributed by atoms with Crippen LogP contribution in [0.5, 0.6) is 0 Å². The summed E-state index contributed by atoms with van der Waals surface area (Å²) in [5.74, 6) is 0.359. The molecule has 5 heteroatoms. The molecule has 0 aromatic carbocycles. The zero-order valence-corrected chi connectivity index (χ0v) is 11.8. The second-order valence-electron chi connectivity index (χ2n) is 4.92. The number of rotatable bonds is 4. The van der Waals surface area contributed by atoms with Crippen molar-refractivity contribution in [1.82, 2.24) is 5.32 Å². The molecule has 96 valence electrons. The van der Waals surface area contributed by atoms with E-state index in [1.165, 1.54) is 11.3 Å². The maximum atomic E-state index is 12.0. The summed E-state index contributed by atoms with van der Waals surface area (Å²) in [5, 5.41) is 12.0. The number of nitrogens with one attached hydrogen (secondary N) is 1. The lowest BCUT2D eigenvalue weighted by Crippen LogP contribution is -2.48. The minimum Gasteiger partial charge on any atom is -0.354 e. The summed E-state index contributed by atoms with van der Waals surface area (Å²) in [4.78, 5) is 13.1. The third-order valence-corrected chi connectivity index (χ3v) is 4.62. The third-order valence-electron chi connectivity index (χ3n) is 3.33. The van der Waals surface area contributed by atoms with Gasteiger partial charge in [0.1, 0.15) is 5.41 Å². The normalized spacial score (nSPS) is 26.2. The summed E-state index contributed by atoms with van der Waals surface area (Å²) in [5.41, 5.74) is -0.771. The van der Waals surface area contributed by atoms with Gasteiger partial charge in [0.15, 0.2) is 0 Å². The molecule has 0 saturated heterocycles. The first kappa shape index (κ1) is 13.4. The first-order chi connectivity index (χ1) is 8.55. The second kappa shape index (κ2) is 5.29. The SMILES string of the molecule is CC1CC(C#N)(C(=O)NCCc2ccc(Cl)s2)C1. The number of amides is 1. The molecule has 0 bridgehead atoms. The molecule has 1 heterocycles. The third kappa shape index (κ3) is 2.68. The van der Waals surface area contributed by atoms with Crippen LogP contribution in [-0.4, -0.2) is 12.5 Å². The molecular formula is C13H15ClN2OS. The summed E-state index contributed by atoms with van der Waals surface area (Å²) in [7, 11) is 0. The van der Waals surface area contributed by atoms with Gasteiger partial charge in [0.25, 0.3) is 0 Å². The Hall–Kier alpha value is -1.05. The van der Waals surface area contributed by atoms with Gasteiger partial charge in [-0.1, -0.05) is 18.5 Å². The molecule has 18 heavy (non-hydrogen) atoms. The van der Waals surface area contributed by atoms with Crippen molar-refractivity contribution in [2.24, 2.45) is 11.3 Å². The van der Waals surface area contributed by atoms with E-state index in [1.54, 1.807) is 0 Å². The van der Waals surface area contributed by atoms with E-state index in [-0.39, 0.29) is 5.91 Å². The standard InChI is InChI=1S/C13H15ClN2OS/c1-9-6-13(7-9,8-15)12(17)16-5-4-10-2-3-11(14)18-10/h2-3,9H,4-7H2,1H3,(H,16,17). The van der Waals surface area contributed by atoms with Crippen LogP contribution in [0.4, 0.5) is 0 Å². The quantitative estimate of drug-likeness (QED) is 0.923. The molecule has 0 radical (unpaired) electrons. The minimum atomic E-state index is -0.771. The first-order valence-electron chi connectivity index (χ1n) is 5.99. The van der Waals surface area contributed by atoms with Crippen LogP contribution >= 0.6 is 22.9 Å². The van der Waals surface area contributed by atoms with E-state index in [2.05, 4.69) is 18.3 Å².